The number of aryl methyl sites for hydroxylation is 1. The van der Waals surface area contributed by atoms with E-state index in [0.29, 0.717) is 0 Å². The second kappa shape index (κ2) is 3.70. The van der Waals surface area contributed by atoms with Gasteiger partial charge in [0.15, 0.2) is 6.39 Å². The van der Waals surface area contributed by atoms with Crippen LogP contribution in [0.3, 0.4) is 0 Å². The van der Waals surface area contributed by atoms with E-state index in [9.17, 15) is 0 Å². The van der Waals surface area contributed by atoms with E-state index in [1.54, 1.807) is 17.6 Å². The molecule has 0 aliphatic carbocycles. The summed E-state index contributed by atoms with van der Waals surface area (Å²) in [4.78, 5) is 8.48. The van der Waals surface area contributed by atoms with Gasteiger partial charge in [0.05, 0.1) is 5.01 Å². The van der Waals surface area contributed by atoms with E-state index in [-0.39, 0.29) is 0 Å². The molecule has 2 rings (SSSR count). The lowest BCUT2D eigenvalue weighted by Crippen LogP contribution is -1.81. The summed E-state index contributed by atoms with van der Waals surface area (Å²) >= 11 is 1.68. The van der Waals surface area contributed by atoms with Crippen LogP contribution in [0, 0.1) is 0 Å². The number of rotatable bonds is 3. The van der Waals surface area contributed by atoms with Crippen LogP contribution in [0.2, 0.25) is 0 Å². The third kappa shape index (κ3) is 1.78. The molecule has 0 saturated heterocycles. The van der Waals surface area contributed by atoms with Gasteiger partial charge in [0.1, 0.15) is 17.7 Å². The van der Waals surface area contributed by atoms with Crippen molar-refractivity contribution in [3.8, 4) is 11.4 Å². The van der Waals surface area contributed by atoms with E-state index in [1.807, 2.05) is 5.38 Å². The molecule has 0 saturated carbocycles. The first-order valence-electron chi connectivity index (χ1n) is 4.23. The normalized spacial score (nSPS) is 10.5. The largest absolute Gasteiger partial charge is 0.451 e. The molecule has 0 aromatic carbocycles. The van der Waals surface area contributed by atoms with Crippen LogP contribution in [0.25, 0.3) is 11.4 Å². The van der Waals surface area contributed by atoms with Gasteiger partial charge in [-0.05, 0) is 12.8 Å². The van der Waals surface area contributed by atoms with Crippen molar-refractivity contribution in [2.45, 2.75) is 19.8 Å². The van der Waals surface area contributed by atoms with Crippen LogP contribution in [0.5, 0.6) is 0 Å². The zero-order valence-corrected chi connectivity index (χ0v) is 8.17. The Balaban J connectivity index is 2.23. The monoisotopic (exact) mass is 194 g/mol. The first-order valence-corrected chi connectivity index (χ1v) is 5.11. The van der Waals surface area contributed by atoms with E-state index in [1.165, 1.54) is 11.4 Å². The molecule has 0 radical (unpaired) electrons. The van der Waals surface area contributed by atoms with Crippen LogP contribution in [0.1, 0.15) is 18.4 Å². The Kier molecular flexibility index (Phi) is 2.40. The molecule has 2 aromatic heterocycles. The SMILES string of the molecule is CCCc1nc(-c2cocn2)cs1. The topological polar surface area (TPSA) is 38.9 Å². The lowest BCUT2D eigenvalue weighted by atomic mass is 10.3. The van der Waals surface area contributed by atoms with Crippen LogP contribution in [-0.4, -0.2) is 9.97 Å². The molecule has 2 heterocycles. The Morgan fingerprint density at radius 1 is 1.46 bits per heavy atom. The predicted molar refractivity (Wildman–Crippen MR) is 51.6 cm³/mol. The molecule has 0 aliphatic heterocycles. The molecule has 0 bridgehead atoms. The van der Waals surface area contributed by atoms with E-state index in [2.05, 4.69) is 16.9 Å². The van der Waals surface area contributed by atoms with Gasteiger partial charge in [-0.15, -0.1) is 11.3 Å². The van der Waals surface area contributed by atoms with Crippen LogP contribution >= 0.6 is 11.3 Å². The molecule has 0 aliphatic rings. The van der Waals surface area contributed by atoms with Gasteiger partial charge in [0.2, 0.25) is 0 Å². The Bertz CT molecular complexity index is 367. The quantitative estimate of drug-likeness (QED) is 0.754. The smallest absolute Gasteiger partial charge is 0.181 e. The maximum Gasteiger partial charge on any atom is 0.181 e. The summed E-state index contributed by atoms with van der Waals surface area (Å²) in [5.41, 5.74) is 1.74. The molecule has 0 amide bonds. The van der Waals surface area contributed by atoms with E-state index in [0.717, 1.165) is 24.2 Å². The molecule has 0 spiro atoms. The highest BCUT2D eigenvalue weighted by Crippen LogP contribution is 2.20. The molecule has 0 fully saturated rings. The van der Waals surface area contributed by atoms with Gasteiger partial charge in [-0.25, -0.2) is 9.97 Å². The minimum absolute atomic E-state index is 0.818. The van der Waals surface area contributed by atoms with Crippen molar-refractivity contribution < 1.29 is 4.42 Å². The summed E-state index contributed by atoms with van der Waals surface area (Å²) in [6.45, 7) is 2.15. The van der Waals surface area contributed by atoms with Gasteiger partial charge >= 0.3 is 0 Å². The maximum atomic E-state index is 4.89. The van der Waals surface area contributed by atoms with Crippen molar-refractivity contribution in [3.05, 3.63) is 23.0 Å². The summed E-state index contributed by atoms with van der Waals surface area (Å²) in [5, 5.41) is 3.18. The van der Waals surface area contributed by atoms with Gasteiger partial charge in [-0.1, -0.05) is 6.92 Å². The average molecular weight is 194 g/mol. The molecule has 0 N–H and O–H groups in total. The molecule has 3 nitrogen and oxygen atoms in total. The van der Waals surface area contributed by atoms with Gasteiger partial charge in [0.25, 0.3) is 0 Å². The number of hydrogen-bond acceptors (Lipinski definition) is 4. The van der Waals surface area contributed by atoms with Crippen molar-refractivity contribution in [2.75, 3.05) is 0 Å². The number of oxazole rings is 1. The number of thiazole rings is 1. The van der Waals surface area contributed by atoms with Gasteiger partial charge in [-0.3, -0.25) is 0 Å². The Hall–Kier alpha value is -1.16. The molecule has 0 unspecified atom stereocenters. The second-order valence-electron chi connectivity index (χ2n) is 2.75. The highest BCUT2D eigenvalue weighted by molar-refractivity contribution is 7.09. The van der Waals surface area contributed by atoms with Crippen LogP contribution in [0.4, 0.5) is 0 Å². The van der Waals surface area contributed by atoms with E-state index in [4.69, 9.17) is 4.42 Å². The summed E-state index contributed by atoms with van der Waals surface area (Å²) < 4.78 is 4.89. The summed E-state index contributed by atoms with van der Waals surface area (Å²) in [6, 6.07) is 0. The third-order valence-corrected chi connectivity index (χ3v) is 2.62. The maximum absolute atomic E-state index is 4.89. The van der Waals surface area contributed by atoms with Crippen molar-refractivity contribution in [1.82, 2.24) is 9.97 Å². The van der Waals surface area contributed by atoms with Crippen molar-refractivity contribution in [1.29, 1.82) is 0 Å². The molecule has 13 heavy (non-hydrogen) atoms. The number of hydrogen-bond donors (Lipinski definition) is 0. The average Bonchev–Trinajstić information content (AvgIpc) is 2.70. The molecule has 2 aromatic rings. The minimum Gasteiger partial charge on any atom is -0.451 e. The fraction of sp³-hybridized carbons (Fsp3) is 0.333. The van der Waals surface area contributed by atoms with Gasteiger partial charge < -0.3 is 4.42 Å². The Morgan fingerprint density at radius 2 is 2.38 bits per heavy atom. The highest BCUT2D eigenvalue weighted by atomic mass is 32.1. The molecule has 68 valence electrons. The minimum atomic E-state index is 0.818. The van der Waals surface area contributed by atoms with Crippen LogP contribution in [0.15, 0.2) is 22.5 Å². The fourth-order valence-corrected chi connectivity index (χ4v) is 1.99. The van der Waals surface area contributed by atoms with Crippen molar-refractivity contribution in [3.63, 3.8) is 0 Å². The molecule has 4 heteroatoms. The first kappa shape index (κ1) is 8.44. The van der Waals surface area contributed by atoms with Gasteiger partial charge in [-0.2, -0.15) is 0 Å². The van der Waals surface area contributed by atoms with Crippen LogP contribution in [-0.2, 0) is 6.42 Å². The number of aromatic nitrogens is 2. The number of nitrogens with zero attached hydrogens (tertiary/aromatic N) is 2. The fourth-order valence-electron chi connectivity index (χ4n) is 1.10. The van der Waals surface area contributed by atoms with Crippen molar-refractivity contribution in [2.24, 2.45) is 0 Å². The lowest BCUT2D eigenvalue weighted by molar-refractivity contribution is 0.558. The summed E-state index contributed by atoms with van der Waals surface area (Å²) in [6.07, 6.45) is 5.22. The zero-order valence-electron chi connectivity index (χ0n) is 7.36. The zero-order chi connectivity index (χ0) is 9.10. The summed E-state index contributed by atoms with van der Waals surface area (Å²) in [7, 11) is 0. The van der Waals surface area contributed by atoms with Crippen molar-refractivity contribution >= 4 is 11.3 Å². The van der Waals surface area contributed by atoms with Crippen LogP contribution < -0.4 is 0 Å². The van der Waals surface area contributed by atoms with Gasteiger partial charge in [0, 0.05) is 5.38 Å². The molecular formula is C9H10N2OS. The second-order valence-corrected chi connectivity index (χ2v) is 3.69. The first-order chi connectivity index (χ1) is 6.40. The third-order valence-electron chi connectivity index (χ3n) is 1.71. The molecule has 0 atom stereocenters. The molecular weight excluding hydrogens is 184 g/mol. The Labute approximate surface area is 80.5 Å². The standard InChI is InChI=1S/C9H10N2OS/c1-2-3-9-11-8(5-13-9)7-4-12-6-10-7/h4-6H,2-3H2,1H3. The van der Waals surface area contributed by atoms with E-state index >= 15 is 0 Å². The predicted octanol–water partition coefficient (Wildman–Crippen LogP) is 2.75. The highest BCUT2D eigenvalue weighted by Gasteiger charge is 2.05. The lowest BCUT2D eigenvalue weighted by Gasteiger charge is -1.87. The summed E-state index contributed by atoms with van der Waals surface area (Å²) in [5.74, 6) is 0. The van der Waals surface area contributed by atoms with E-state index < -0.39 is 0 Å². The Morgan fingerprint density at radius 3 is 3.08 bits per heavy atom.